The molecule has 1 aliphatic heterocycles. The lowest BCUT2D eigenvalue weighted by atomic mass is 10.1. The molecule has 0 bridgehead atoms. The molecule has 2 rings (SSSR count). The van der Waals surface area contributed by atoms with Gasteiger partial charge >= 0.3 is 4.94 Å². The first-order valence-corrected chi connectivity index (χ1v) is 4.28. The van der Waals surface area contributed by atoms with Crippen molar-refractivity contribution in [3.8, 4) is 0 Å². The average Bonchev–Trinajstić information content (AvgIpc) is 2.54. The Balaban J connectivity index is 2.26. The predicted octanol–water partition coefficient (Wildman–Crippen LogP) is 1.17. The van der Waals surface area contributed by atoms with Crippen LogP contribution in [0.1, 0.15) is 18.2 Å². The number of hydrogen-bond acceptors (Lipinski definition) is 5. The summed E-state index contributed by atoms with van der Waals surface area (Å²) in [7, 11) is 0. The van der Waals surface area contributed by atoms with Gasteiger partial charge in [-0.25, -0.2) is 4.79 Å². The molecule has 1 aromatic heterocycles. The van der Waals surface area contributed by atoms with Gasteiger partial charge < -0.3 is 4.42 Å². The second kappa shape index (κ2) is 3.02. The van der Waals surface area contributed by atoms with Crippen molar-refractivity contribution in [1.82, 2.24) is 4.37 Å². The van der Waals surface area contributed by atoms with Gasteiger partial charge in [0.25, 0.3) is 0 Å². The predicted molar refractivity (Wildman–Crippen MR) is 45.6 cm³/mol. The monoisotopic (exact) mass is 182 g/mol. The maximum absolute atomic E-state index is 10.7. The van der Waals surface area contributed by atoms with Crippen molar-refractivity contribution in [2.24, 2.45) is 4.99 Å². The molecule has 0 spiro atoms. The Morgan fingerprint density at radius 2 is 2.58 bits per heavy atom. The van der Waals surface area contributed by atoms with Gasteiger partial charge in [-0.05, 0) is 6.42 Å². The van der Waals surface area contributed by atoms with Gasteiger partial charge in [0.2, 0.25) is 5.89 Å². The summed E-state index contributed by atoms with van der Waals surface area (Å²) in [6, 6.07) is 0. The summed E-state index contributed by atoms with van der Waals surface area (Å²) in [5.41, 5.74) is 0. The molecule has 0 fully saturated rings. The maximum atomic E-state index is 10.7. The van der Waals surface area contributed by atoms with E-state index in [0.29, 0.717) is 5.89 Å². The normalized spacial score (nSPS) is 21.5. The van der Waals surface area contributed by atoms with Crippen molar-refractivity contribution in [2.75, 3.05) is 0 Å². The molecule has 0 saturated carbocycles. The smallest absolute Gasteiger partial charge is 0.398 e. The van der Waals surface area contributed by atoms with E-state index in [1.54, 1.807) is 12.4 Å². The third kappa shape index (κ3) is 1.35. The Kier molecular flexibility index (Phi) is 1.87. The molecule has 12 heavy (non-hydrogen) atoms. The number of allylic oxidation sites excluding steroid dienone is 1. The molecule has 1 aliphatic rings. The number of nitrogens with zero attached hydrogens (tertiary/aromatic N) is 2. The van der Waals surface area contributed by atoms with Crippen LogP contribution in [0, 0.1) is 0 Å². The standard InChI is InChI=1S/C7H6N2O2S/c10-7-11-6(9-12-7)5-2-1-3-8-4-5/h1,3-5H,2H2. The van der Waals surface area contributed by atoms with Crippen LogP contribution in [0.5, 0.6) is 0 Å². The minimum atomic E-state index is -0.354. The molecular weight excluding hydrogens is 176 g/mol. The van der Waals surface area contributed by atoms with Crippen LogP contribution in [0.3, 0.4) is 0 Å². The van der Waals surface area contributed by atoms with Crippen LogP contribution >= 0.6 is 11.5 Å². The molecule has 0 amide bonds. The van der Waals surface area contributed by atoms with Gasteiger partial charge in [-0.1, -0.05) is 6.08 Å². The summed E-state index contributed by atoms with van der Waals surface area (Å²) in [4.78, 5) is 14.2. The molecule has 62 valence electrons. The van der Waals surface area contributed by atoms with Gasteiger partial charge in [-0.3, -0.25) is 4.99 Å². The first kappa shape index (κ1) is 7.42. The van der Waals surface area contributed by atoms with Gasteiger partial charge in [0.05, 0.1) is 5.92 Å². The van der Waals surface area contributed by atoms with E-state index in [1.807, 2.05) is 6.08 Å². The molecule has 0 saturated heterocycles. The fraction of sp³-hybridized carbons (Fsp3) is 0.286. The number of aliphatic imine (C=N–C) groups is 1. The maximum Gasteiger partial charge on any atom is 0.414 e. The van der Waals surface area contributed by atoms with Crippen molar-refractivity contribution >= 4 is 17.7 Å². The SMILES string of the molecule is O=c1oc(C2C=NC=CC2)ns1. The highest BCUT2D eigenvalue weighted by molar-refractivity contribution is 7.02. The summed E-state index contributed by atoms with van der Waals surface area (Å²) in [6.07, 6.45) is 6.18. The van der Waals surface area contributed by atoms with E-state index < -0.39 is 0 Å². The lowest BCUT2D eigenvalue weighted by Crippen LogP contribution is -2.01. The quantitative estimate of drug-likeness (QED) is 0.655. The molecule has 0 aromatic carbocycles. The third-order valence-corrected chi connectivity index (χ3v) is 2.07. The van der Waals surface area contributed by atoms with Gasteiger partial charge in [-0.2, -0.15) is 4.37 Å². The second-order valence-electron chi connectivity index (χ2n) is 2.40. The van der Waals surface area contributed by atoms with Crippen LogP contribution in [-0.2, 0) is 0 Å². The van der Waals surface area contributed by atoms with E-state index in [0.717, 1.165) is 18.0 Å². The zero-order chi connectivity index (χ0) is 8.39. The van der Waals surface area contributed by atoms with Crippen molar-refractivity contribution in [1.29, 1.82) is 0 Å². The third-order valence-electron chi connectivity index (χ3n) is 1.56. The molecule has 5 heteroatoms. The minimum absolute atomic E-state index is 0.0361. The first-order valence-electron chi connectivity index (χ1n) is 3.51. The molecule has 0 N–H and O–H groups in total. The Morgan fingerprint density at radius 3 is 3.17 bits per heavy atom. The fourth-order valence-electron chi connectivity index (χ4n) is 0.996. The zero-order valence-corrected chi connectivity index (χ0v) is 6.95. The average molecular weight is 182 g/mol. The van der Waals surface area contributed by atoms with Gasteiger partial charge in [0.1, 0.15) is 0 Å². The highest BCUT2D eigenvalue weighted by Gasteiger charge is 2.15. The Bertz CT molecular complexity index is 377. The Hall–Kier alpha value is -1.23. The lowest BCUT2D eigenvalue weighted by Gasteiger charge is -2.05. The van der Waals surface area contributed by atoms with E-state index >= 15 is 0 Å². The van der Waals surface area contributed by atoms with Gasteiger partial charge in [0.15, 0.2) is 0 Å². The summed E-state index contributed by atoms with van der Waals surface area (Å²) >= 11 is 0.840. The molecule has 2 heterocycles. The van der Waals surface area contributed by atoms with E-state index in [2.05, 4.69) is 9.37 Å². The first-order chi connectivity index (χ1) is 5.86. The van der Waals surface area contributed by atoms with Crippen molar-refractivity contribution in [2.45, 2.75) is 12.3 Å². The highest BCUT2D eigenvalue weighted by Crippen LogP contribution is 2.18. The van der Waals surface area contributed by atoms with Crippen LogP contribution in [-0.4, -0.2) is 10.6 Å². The van der Waals surface area contributed by atoms with Crippen molar-refractivity contribution in [3.05, 3.63) is 27.9 Å². The number of aromatic nitrogens is 1. The molecular formula is C7H6N2O2S. The van der Waals surface area contributed by atoms with Crippen molar-refractivity contribution < 1.29 is 4.42 Å². The molecule has 0 aliphatic carbocycles. The Morgan fingerprint density at radius 1 is 1.67 bits per heavy atom. The van der Waals surface area contributed by atoms with Crippen LogP contribution in [0.15, 0.2) is 26.5 Å². The van der Waals surface area contributed by atoms with E-state index in [-0.39, 0.29) is 10.9 Å². The topological polar surface area (TPSA) is 55.5 Å². The van der Waals surface area contributed by atoms with Crippen LogP contribution in [0.2, 0.25) is 0 Å². The number of rotatable bonds is 1. The largest absolute Gasteiger partial charge is 0.414 e. The fourth-order valence-corrected chi connectivity index (χ4v) is 1.46. The van der Waals surface area contributed by atoms with Crippen LogP contribution in [0.4, 0.5) is 0 Å². The van der Waals surface area contributed by atoms with Crippen LogP contribution < -0.4 is 4.94 Å². The molecule has 4 nitrogen and oxygen atoms in total. The summed E-state index contributed by atoms with van der Waals surface area (Å²) in [5, 5.41) is 0. The second-order valence-corrected chi connectivity index (χ2v) is 3.10. The van der Waals surface area contributed by atoms with Gasteiger partial charge in [0, 0.05) is 23.9 Å². The minimum Gasteiger partial charge on any atom is -0.398 e. The Labute approximate surface area is 72.4 Å². The summed E-state index contributed by atoms with van der Waals surface area (Å²) < 4.78 is 8.73. The molecule has 1 atom stereocenters. The van der Waals surface area contributed by atoms with E-state index in [4.69, 9.17) is 4.42 Å². The van der Waals surface area contributed by atoms with Gasteiger partial charge in [-0.15, -0.1) is 0 Å². The molecule has 1 aromatic rings. The molecule has 1 unspecified atom stereocenters. The summed E-state index contributed by atoms with van der Waals surface area (Å²) in [6.45, 7) is 0. The highest BCUT2D eigenvalue weighted by atomic mass is 32.1. The van der Waals surface area contributed by atoms with E-state index in [9.17, 15) is 4.79 Å². The van der Waals surface area contributed by atoms with E-state index in [1.165, 1.54) is 0 Å². The summed E-state index contributed by atoms with van der Waals surface area (Å²) in [5.74, 6) is 0.507. The lowest BCUT2D eigenvalue weighted by molar-refractivity contribution is 0.459. The van der Waals surface area contributed by atoms with Crippen LogP contribution in [0.25, 0.3) is 0 Å². The molecule has 0 radical (unpaired) electrons. The zero-order valence-electron chi connectivity index (χ0n) is 6.14. The number of hydrogen-bond donors (Lipinski definition) is 0. The van der Waals surface area contributed by atoms with Crippen molar-refractivity contribution in [3.63, 3.8) is 0 Å².